The van der Waals surface area contributed by atoms with Gasteiger partial charge in [0.25, 0.3) is 5.91 Å². The highest BCUT2D eigenvalue weighted by molar-refractivity contribution is 9.10. The monoisotopic (exact) mass is 335 g/mol. The molecule has 2 rings (SSSR count). The van der Waals surface area contributed by atoms with Crippen LogP contribution in [-0.2, 0) is 0 Å². The number of benzene rings is 2. The molecule has 0 saturated carbocycles. The lowest BCUT2D eigenvalue weighted by Crippen LogP contribution is -2.13. The highest BCUT2D eigenvalue weighted by Crippen LogP contribution is 2.21. The van der Waals surface area contributed by atoms with Gasteiger partial charge in [-0.2, -0.15) is 0 Å². The van der Waals surface area contributed by atoms with Crippen LogP contribution in [0.25, 0.3) is 0 Å². The third-order valence-electron chi connectivity index (χ3n) is 2.75. The predicted molar refractivity (Wildman–Crippen MR) is 78.5 cm³/mol. The summed E-state index contributed by atoms with van der Waals surface area (Å²) in [5, 5.41) is 2.65. The average molecular weight is 336 g/mol. The zero-order valence-corrected chi connectivity index (χ0v) is 12.2. The fourth-order valence-corrected chi connectivity index (χ4v) is 2.11. The maximum Gasteiger partial charge on any atom is 0.256 e. The van der Waals surface area contributed by atoms with Crippen molar-refractivity contribution in [1.82, 2.24) is 0 Å². The molecule has 0 aliphatic rings. The summed E-state index contributed by atoms with van der Waals surface area (Å²) in [5.74, 6) is -0.965. The molecule has 0 atom stereocenters. The van der Waals surface area contributed by atoms with Crippen LogP contribution < -0.4 is 5.32 Å². The van der Waals surface area contributed by atoms with E-state index in [1.807, 2.05) is 0 Å². The molecular formula is C15H11BrFNO2. The Morgan fingerprint density at radius 1 is 1.10 bits per heavy atom. The van der Waals surface area contributed by atoms with Gasteiger partial charge >= 0.3 is 0 Å². The molecule has 0 radical (unpaired) electrons. The van der Waals surface area contributed by atoms with E-state index in [0.29, 0.717) is 11.3 Å². The first-order valence-electron chi connectivity index (χ1n) is 5.85. The van der Waals surface area contributed by atoms with Gasteiger partial charge in [-0.05, 0) is 59.3 Å². The van der Waals surface area contributed by atoms with Gasteiger partial charge < -0.3 is 5.32 Å². The number of hydrogen-bond acceptors (Lipinski definition) is 2. The SMILES string of the molecule is CC(=O)c1ccc(NC(=O)c2cccc(F)c2Br)cc1. The summed E-state index contributed by atoms with van der Waals surface area (Å²) in [5.41, 5.74) is 1.31. The van der Waals surface area contributed by atoms with Gasteiger partial charge in [0.05, 0.1) is 10.0 Å². The van der Waals surface area contributed by atoms with Crippen molar-refractivity contribution in [3.63, 3.8) is 0 Å². The largest absolute Gasteiger partial charge is 0.322 e. The summed E-state index contributed by atoms with van der Waals surface area (Å²) < 4.78 is 13.5. The standard InChI is InChI=1S/C15H11BrFNO2/c1-9(19)10-5-7-11(8-6-10)18-15(20)12-3-2-4-13(17)14(12)16/h2-8H,1H3,(H,18,20). The van der Waals surface area contributed by atoms with E-state index in [-0.39, 0.29) is 15.8 Å². The zero-order chi connectivity index (χ0) is 14.7. The summed E-state index contributed by atoms with van der Waals surface area (Å²) >= 11 is 3.04. The van der Waals surface area contributed by atoms with Gasteiger partial charge in [0.2, 0.25) is 0 Å². The Bertz CT molecular complexity index is 668. The van der Waals surface area contributed by atoms with Crippen LogP contribution in [0.3, 0.4) is 0 Å². The van der Waals surface area contributed by atoms with Crippen LogP contribution >= 0.6 is 15.9 Å². The Hall–Kier alpha value is -2.01. The number of carbonyl (C=O) groups excluding carboxylic acids is 2. The van der Waals surface area contributed by atoms with Gasteiger partial charge in [0, 0.05) is 11.3 Å². The van der Waals surface area contributed by atoms with Gasteiger partial charge in [-0.15, -0.1) is 0 Å². The van der Waals surface area contributed by atoms with Crippen molar-refractivity contribution in [3.8, 4) is 0 Å². The number of amides is 1. The van der Waals surface area contributed by atoms with Crippen molar-refractivity contribution in [1.29, 1.82) is 0 Å². The molecular weight excluding hydrogens is 325 g/mol. The van der Waals surface area contributed by atoms with E-state index in [2.05, 4.69) is 21.2 Å². The van der Waals surface area contributed by atoms with E-state index in [0.717, 1.165) is 0 Å². The number of nitrogens with one attached hydrogen (secondary N) is 1. The van der Waals surface area contributed by atoms with E-state index in [4.69, 9.17) is 0 Å². The van der Waals surface area contributed by atoms with Gasteiger partial charge in [0.1, 0.15) is 5.82 Å². The number of halogens is 2. The zero-order valence-electron chi connectivity index (χ0n) is 10.6. The highest BCUT2D eigenvalue weighted by Gasteiger charge is 2.13. The third kappa shape index (κ3) is 3.11. The van der Waals surface area contributed by atoms with Crippen LogP contribution in [0.4, 0.5) is 10.1 Å². The highest BCUT2D eigenvalue weighted by atomic mass is 79.9. The number of hydrogen-bond donors (Lipinski definition) is 1. The molecule has 3 nitrogen and oxygen atoms in total. The molecule has 0 heterocycles. The molecule has 0 spiro atoms. The number of carbonyl (C=O) groups is 2. The van der Waals surface area contributed by atoms with Gasteiger partial charge in [-0.25, -0.2) is 4.39 Å². The van der Waals surface area contributed by atoms with Gasteiger partial charge in [0.15, 0.2) is 5.78 Å². The molecule has 2 aromatic rings. The summed E-state index contributed by atoms with van der Waals surface area (Å²) in [6.07, 6.45) is 0. The number of anilines is 1. The molecule has 0 aliphatic heterocycles. The molecule has 0 aromatic heterocycles. The van der Waals surface area contributed by atoms with Crippen molar-refractivity contribution < 1.29 is 14.0 Å². The van der Waals surface area contributed by atoms with Crippen LogP contribution in [-0.4, -0.2) is 11.7 Å². The average Bonchev–Trinajstić information content (AvgIpc) is 2.42. The third-order valence-corrected chi connectivity index (χ3v) is 3.55. The Morgan fingerprint density at radius 2 is 1.75 bits per heavy atom. The molecule has 0 aliphatic carbocycles. The lowest BCUT2D eigenvalue weighted by Gasteiger charge is -2.07. The normalized spacial score (nSPS) is 10.2. The van der Waals surface area contributed by atoms with Crippen molar-refractivity contribution in [2.75, 3.05) is 5.32 Å². The van der Waals surface area contributed by atoms with Gasteiger partial charge in [-0.1, -0.05) is 6.07 Å². The van der Waals surface area contributed by atoms with Crippen LogP contribution in [0.5, 0.6) is 0 Å². The Labute approximate surface area is 123 Å². The Morgan fingerprint density at radius 3 is 2.35 bits per heavy atom. The van der Waals surface area contributed by atoms with Crippen LogP contribution in [0.1, 0.15) is 27.6 Å². The smallest absolute Gasteiger partial charge is 0.256 e. The van der Waals surface area contributed by atoms with Crippen molar-refractivity contribution in [2.24, 2.45) is 0 Å². The first-order chi connectivity index (χ1) is 9.49. The first kappa shape index (κ1) is 14.4. The fourth-order valence-electron chi connectivity index (χ4n) is 1.67. The molecule has 0 fully saturated rings. The quantitative estimate of drug-likeness (QED) is 0.860. The van der Waals surface area contributed by atoms with Crippen LogP contribution in [0, 0.1) is 5.82 Å². The van der Waals surface area contributed by atoms with Gasteiger partial charge in [-0.3, -0.25) is 9.59 Å². The predicted octanol–water partition coefficient (Wildman–Crippen LogP) is 4.04. The molecule has 1 amide bonds. The molecule has 0 bridgehead atoms. The molecule has 2 aromatic carbocycles. The minimum absolute atomic E-state index is 0.0456. The van der Waals surface area contributed by atoms with Crippen molar-refractivity contribution in [3.05, 3.63) is 63.9 Å². The molecule has 102 valence electrons. The van der Waals surface area contributed by atoms with E-state index < -0.39 is 11.7 Å². The summed E-state index contributed by atoms with van der Waals surface area (Å²) in [6, 6.07) is 10.8. The molecule has 0 saturated heterocycles. The maximum atomic E-state index is 13.4. The molecule has 0 unspecified atom stereocenters. The van der Waals surface area contributed by atoms with Crippen LogP contribution in [0.15, 0.2) is 46.9 Å². The topological polar surface area (TPSA) is 46.2 Å². The van der Waals surface area contributed by atoms with E-state index >= 15 is 0 Å². The minimum Gasteiger partial charge on any atom is -0.322 e. The Kier molecular flexibility index (Phi) is 4.29. The summed E-state index contributed by atoms with van der Waals surface area (Å²) in [4.78, 5) is 23.2. The molecule has 20 heavy (non-hydrogen) atoms. The second-order valence-electron chi connectivity index (χ2n) is 4.19. The number of ketones is 1. The Balaban J connectivity index is 2.19. The van der Waals surface area contributed by atoms with Crippen molar-refractivity contribution >= 4 is 33.3 Å². The lowest BCUT2D eigenvalue weighted by molar-refractivity contribution is 0.101. The number of rotatable bonds is 3. The second-order valence-corrected chi connectivity index (χ2v) is 4.98. The minimum atomic E-state index is -0.496. The fraction of sp³-hybridized carbons (Fsp3) is 0.0667. The summed E-state index contributed by atoms with van der Waals surface area (Å²) in [7, 11) is 0. The van der Waals surface area contributed by atoms with Crippen LogP contribution in [0.2, 0.25) is 0 Å². The van der Waals surface area contributed by atoms with Crippen molar-refractivity contribution in [2.45, 2.75) is 6.92 Å². The van der Waals surface area contributed by atoms with E-state index in [1.54, 1.807) is 24.3 Å². The van der Waals surface area contributed by atoms with E-state index in [9.17, 15) is 14.0 Å². The summed E-state index contributed by atoms with van der Waals surface area (Å²) in [6.45, 7) is 1.47. The maximum absolute atomic E-state index is 13.4. The number of Topliss-reactive ketones (excluding diaryl/α,β-unsaturated/α-hetero) is 1. The molecule has 1 N–H and O–H groups in total. The first-order valence-corrected chi connectivity index (χ1v) is 6.64. The molecule has 5 heteroatoms. The lowest BCUT2D eigenvalue weighted by atomic mass is 10.1. The second kappa shape index (κ2) is 5.96. The van der Waals surface area contributed by atoms with E-state index in [1.165, 1.54) is 25.1 Å².